The number of unbranched alkanes of at least 4 members (excludes halogenated alkanes) is 1. The van der Waals surface area contributed by atoms with Crippen LogP contribution in [0.15, 0.2) is 35.0 Å². The van der Waals surface area contributed by atoms with E-state index in [0.29, 0.717) is 38.9 Å². The van der Waals surface area contributed by atoms with Gasteiger partial charge in [0.25, 0.3) is 0 Å². The predicted molar refractivity (Wildman–Crippen MR) is 87.2 cm³/mol. The maximum absolute atomic E-state index is 11.5. The van der Waals surface area contributed by atoms with Crippen LogP contribution in [0.25, 0.3) is 0 Å². The summed E-state index contributed by atoms with van der Waals surface area (Å²) in [7, 11) is 0. The standard InChI is InChI=1S/C16H18O4S2/c17-15(11-13-5-3-9-21-13)19-7-1-2-8-20-16(18)12-14-6-4-10-22-14/h3-6,9-10H,1-2,7-8,11-12H2. The van der Waals surface area contributed by atoms with Gasteiger partial charge in [-0.05, 0) is 35.7 Å². The van der Waals surface area contributed by atoms with Gasteiger partial charge < -0.3 is 9.47 Å². The first-order chi connectivity index (χ1) is 10.7. The second kappa shape index (κ2) is 9.38. The summed E-state index contributed by atoms with van der Waals surface area (Å²) in [5, 5.41) is 3.88. The first kappa shape index (κ1) is 16.7. The summed E-state index contributed by atoms with van der Waals surface area (Å²) in [5.41, 5.74) is 0. The quantitative estimate of drug-likeness (QED) is 0.519. The van der Waals surface area contributed by atoms with Crippen LogP contribution in [0.4, 0.5) is 0 Å². The molecule has 0 fully saturated rings. The van der Waals surface area contributed by atoms with Crippen LogP contribution in [0.3, 0.4) is 0 Å². The zero-order valence-corrected chi connectivity index (χ0v) is 13.8. The van der Waals surface area contributed by atoms with E-state index in [-0.39, 0.29) is 11.9 Å². The number of thiophene rings is 2. The van der Waals surface area contributed by atoms with E-state index < -0.39 is 0 Å². The molecular weight excluding hydrogens is 320 g/mol. The minimum Gasteiger partial charge on any atom is -0.465 e. The van der Waals surface area contributed by atoms with Gasteiger partial charge in [-0.2, -0.15) is 0 Å². The van der Waals surface area contributed by atoms with Crippen molar-refractivity contribution >= 4 is 34.6 Å². The Kier molecular flexibility index (Phi) is 7.12. The van der Waals surface area contributed by atoms with Gasteiger partial charge in [-0.15, -0.1) is 22.7 Å². The topological polar surface area (TPSA) is 52.6 Å². The van der Waals surface area contributed by atoms with Crippen LogP contribution >= 0.6 is 22.7 Å². The molecule has 0 aromatic carbocycles. The fourth-order valence-electron chi connectivity index (χ4n) is 1.79. The Morgan fingerprint density at radius 3 is 1.64 bits per heavy atom. The van der Waals surface area contributed by atoms with Crippen LogP contribution in [0.2, 0.25) is 0 Å². The summed E-state index contributed by atoms with van der Waals surface area (Å²) in [6.07, 6.45) is 2.05. The normalized spacial score (nSPS) is 10.4. The van der Waals surface area contributed by atoms with E-state index in [0.717, 1.165) is 9.75 Å². The number of hydrogen-bond acceptors (Lipinski definition) is 6. The average Bonchev–Trinajstić information content (AvgIpc) is 3.16. The van der Waals surface area contributed by atoms with Crippen molar-refractivity contribution in [1.29, 1.82) is 0 Å². The molecule has 2 rings (SSSR count). The highest BCUT2D eigenvalue weighted by atomic mass is 32.1. The molecule has 0 aliphatic carbocycles. The maximum Gasteiger partial charge on any atom is 0.311 e. The van der Waals surface area contributed by atoms with E-state index in [9.17, 15) is 9.59 Å². The molecule has 4 nitrogen and oxygen atoms in total. The Labute approximate surface area is 137 Å². The minimum absolute atomic E-state index is 0.211. The lowest BCUT2D eigenvalue weighted by molar-refractivity contribution is -0.145. The summed E-state index contributed by atoms with van der Waals surface area (Å²) in [6.45, 7) is 0.735. The van der Waals surface area contributed by atoms with Crippen molar-refractivity contribution in [2.24, 2.45) is 0 Å². The summed E-state index contributed by atoms with van der Waals surface area (Å²) < 4.78 is 10.3. The van der Waals surface area contributed by atoms with E-state index in [1.54, 1.807) is 22.7 Å². The van der Waals surface area contributed by atoms with E-state index >= 15 is 0 Å². The van der Waals surface area contributed by atoms with Gasteiger partial charge in [0.2, 0.25) is 0 Å². The molecule has 2 aromatic rings. The number of ether oxygens (including phenoxy) is 2. The van der Waals surface area contributed by atoms with Gasteiger partial charge in [-0.3, -0.25) is 9.59 Å². The van der Waals surface area contributed by atoms with Crippen LogP contribution in [-0.2, 0) is 31.9 Å². The lowest BCUT2D eigenvalue weighted by atomic mass is 10.3. The largest absolute Gasteiger partial charge is 0.465 e. The lowest BCUT2D eigenvalue weighted by Crippen LogP contribution is -2.11. The van der Waals surface area contributed by atoms with Gasteiger partial charge in [0.05, 0.1) is 26.1 Å². The fraction of sp³-hybridized carbons (Fsp3) is 0.375. The summed E-state index contributed by atoms with van der Waals surface area (Å²) in [4.78, 5) is 25.1. The van der Waals surface area contributed by atoms with Crippen LogP contribution in [0.5, 0.6) is 0 Å². The molecule has 0 unspecified atom stereocenters. The molecule has 0 bridgehead atoms. The van der Waals surface area contributed by atoms with Crippen molar-refractivity contribution in [3.05, 3.63) is 44.8 Å². The third-order valence-electron chi connectivity index (χ3n) is 2.86. The SMILES string of the molecule is O=C(Cc1cccs1)OCCCCOC(=O)Cc1cccs1. The van der Waals surface area contributed by atoms with Crippen molar-refractivity contribution in [2.45, 2.75) is 25.7 Å². The van der Waals surface area contributed by atoms with E-state index in [4.69, 9.17) is 9.47 Å². The van der Waals surface area contributed by atoms with E-state index in [1.807, 2.05) is 35.0 Å². The lowest BCUT2D eigenvalue weighted by Gasteiger charge is -2.05. The summed E-state index contributed by atoms with van der Waals surface area (Å²) >= 11 is 3.09. The molecule has 0 radical (unpaired) electrons. The highest BCUT2D eigenvalue weighted by Gasteiger charge is 2.07. The second-order valence-corrected chi connectivity index (χ2v) is 6.72. The minimum atomic E-state index is -0.211. The number of carbonyl (C=O) groups is 2. The van der Waals surface area contributed by atoms with Crippen LogP contribution < -0.4 is 0 Å². The van der Waals surface area contributed by atoms with Gasteiger partial charge in [0, 0.05) is 9.75 Å². The van der Waals surface area contributed by atoms with Crippen LogP contribution in [-0.4, -0.2) is 25.2 Å². The molecule has 0 saturated heterocycles. The van der Waals surface area contributed by atoms with Crippen molar-refractivity contribution in [3.8, 4) is 0 Å². The van der Waals surface area contributed by atoms with Crippen LogP contribution in [0.1, 0.15) is 22.6 Å². The van der Waals surface area contributed by atoms with Crippen molar-refractivity contribution in [2.75, 3.05) is 13.2 Å². The number of esters is 2. The Bertz CT molecular complexity index is 509. The van der Waals surface area contributed by atoms with Gasteiger partial charge >= 0.3 is 11.9 Å². The fourth-order valence-corrected chi connectivity index (χ4v) is 3.17. The average molecular weight is 338 g/mol. The summed E-state index contributed by atoms with van der Waals surface area (Å²) in [5.74, 6) is -0.422. The smallest absolute Gasteiger partial charge is 0.311 e. The Balaban J connectivity index is 1.47. The Morgan fingerprint density at radius 1 is 0.818 bits per heavy atom. The zero-order valence-electron chi connectivity index (χ0n) is 12.2. The molecule has 0 atom stereocenters. The maximum atomic E-state index is 11.5. The molecule has 22 heavy (non-hydrogen) atoms. The molecule has 0 N–H and O–H groups in total. The molecule has 0 aliphatic heterocycles. The molecule has 0 amide bonds. The van der Waals surface area contributed by atoms with Crippen LogP contribution in [0, 0.1) is 0 Å². The van der Waals surface area contributed by atoms with E-state index in [2.05, 4.69) is 0 Å². The number of carbonyl (C=O) groups excluding carboxylic acids is 2. The first-order valence-electron chi connectivity index (χ1n) is 7.10. The monoisotopic (exact) mass is 338 g/mol. The van der Waals surface area contributed by atoms with Gasteiger partial charge in [0.1, 0.15) is 0 Å². The molecule has 0 saturated carbocycles. The molecule has 2 aromatic heterocycles. The van der Waals surface area contributed by atoms with Gasteiger partial charge in [0.15, 0.2) is 0 Å². The second-order valence-electron chi connectivity index (χ2n) is 4.66. The molecule has 6 heteroatoms. The van der Waals surface area contributed by atoms with Gasteiger partial charge in [-0.25, -0.2) is 0 Å². The first-order valence-corrected chi connectivity index (χ1v) is 8.86. The van der Waals surface area contributed by atoms with E-state index in [1.165, 1.54) is 0 Å². The predicted octanol–water partition coefficient (Wildman–Crippen LogP) is 3.46. The molecule has 0 aliphatic rings. The molecule has 118 valence electrons. The Hall–Kier alpha value is -1.66. The third kappa shape index (κ3) is 6.41. The number of rotatable bonds is 9. The van der Waals surface area contributed by atoms with Crippen molar-refractivity contribution < 1.29 is 19.1 Å². The van der Waals surface area contributed by atoms with Crippen molar-refractivity contribution in [3.63, 3.8) is 0 Å². The highest BCUT2D eigenvalue weighted by molar-refractivity contribution is 7.10. The molecular formula is C16H18O4S2. The van der Waals surface area contributed by atoms with Crippen molar-refractivity contribution in [1.82, 2.24) is 0 Å². The third-order valence-corrected chi connectivity index (χ3v) is 4.61. The number of hydrogen-bond donors (Lipinski definition) is 0. The van der Waals surface area contributed by atoms with Gasteiger partial charge in [-0.1, -0.05) is 12.1 Å². The summed E-state index contributed by atoms with van der Waals surface area (Å²) in [6, 6.07) is 7.66. The highest BCUT2D eigenvalue weighted by Crippen LogP contribution is 2.10. The molecule has 2 heterocycles. The molecule has 0 spiro atoms. The Morgan fingerprint density at radius 2 is 1.27 bits per heavy atom. The zero-order chi connectivity index (χ0) is 15.6.